The number of urea groups is 1. The van der Waals surface area contributed by atoms with Crippen molar-refractivity contribution in [3.63, 3.8) is 0 Å². The lowest BCUT2D eigenvalue weighted by Crippen LogP contribution is -2.41. The summed E-state index contributed by atoms with van der Waals surface area (Å²) in [5, 5.41) is 14.4. The summed E-state index contributed by atoms with van der Waals surface area (Å²) < 4.78 is 19.6. The van der Waals surface area contributed by atoms with Gasteiger partial charge >= 0.3 is 12.0 Å². The Morgan fingerprint density at radius 3 is 2.40 bits per heavy atom. The van der Waals surface area contributed by atoms with E-state index in [-0.39, 0.29) is 23.8 Å². The molecule has 2 aliphatic carbocycles. The monoisotopic (exact) mass is 350 g/mol. The van der Waals surface area contributed by atoms with Crippen LogP contribution in [0.1, 0.15) is 44.9 Å². The Kier molecular flexibility index (Phi) is 5.40. The van der Waals surface area contributed by atoms with Crippen molar-refractivity contribution in [2.24, 2.45) is 5.92 Å². The highest BCUT2D eigenvalue weighted by Gasteiger charge is 2.26. The third kappa shape index (κ3) is 4.61. The van der Waals surface area contributed by atoms with E-state index in [1.165, 1.54) is 12.1 Å². The molecule has 1 aromatic carbocycles. The van der Waals surface area contributed by atoms with E-state index in [2.05, 4.69) is 10.6 Å². The van der Waals surface area contributed by atoms with E-state index in [9.17, 15) is 14.0 Å². The highest BCUT2D eigenvalue weighted by Crippen LogP contribution is 2.28. The summed E-state index contributed by atoms with van der Waals surface area (Å²) in [7, 11) is 0. The van der Waals surface area contributed by atoms with E-state index in [1.54, 1.807) is 6.07 Å². The molecule has 25 heavy (non-hydrogen) atoms. The number of hydrogen-bond acceptors (Lipinski definition) is 3. The number of nitrogens with one attached hydrogen (secondary N) is 2. The fourth-order valence-electron chi connectivity index (χ4n) is 3.18. The second-order valence-electron chi connectivity index (χ2n) is 6.80. The molecule has 0 atom stereocenters. The predicted octanol–water partition coefficient (Wildman–Crippen LogP) is 3.52. The lowest BCUT2D eigenvalue weighted by molar-refractivity contribution is -0.142. The average Bonchev–Trinajstić information content (AvgIpc) is 2.53. The summed E-state index contributed by atoms with van der Waals surface area (Å²) >= 11 is 0. The Morgan fingerprint density at radius 1 is 1.12 bits per heavy atom. The first-order chi connectivity index (χ1) is 12.0. The summed E-state index contributed by atoms with van der Waals surface area (Å²) in [6, 6.07) is 3.92. The number of carboxylic acids is 1. The number of halogens is 1. The van der Waals surface area contributed by atoms with Crippen molar-refractivity contribution in [1.82, 2.24) is 5.32 Å². The van der Waals surface area contributed by atoms with Gasteiger partial charge in [-0.15, -0.1) is 0 Å². The minimum Gasteiger partial charge on any atom is -0.487 e. The fourth-order valence-corrected chi connectivity index (χ4v) is 3.18. The van der Waals surface area contributed by atoms with Crippen LogP contribution in [-0.4, -0.2) is 29.3 Å². The molecule has 0 aliphatic heterocycles. The molecule has 136 valence electrons. The van der Waals surface area contributed by atoms with Gasteiger partial charge in [0.2, 0.25) is 0 Å². The zero-order chi connectivity index (χ0) is 17.8. The Balaban J connectivity index is 1.47. The van der Waals surface area contributed by atoms with Crippen molar-refractivity contribution in [3.8, 4) is 5.75 Å². The Labute approximate surface area is 145 Å². The maximum Gasteiger partial charge on any atom is 0.319 e. The van der Waals surface area contributed by atoms with Gasteiger partial charge in [-0.1, -0.05) is 0 Å². The molecule has 6 nitrogen and oxygen atoms in total. The summed E-state index contributed by atoms with van der Waals surface area (Å²) in [6.45, 7) is 0. The minimum atomic E-state index is -0.775. The Bertz CT molecular complexity index is 640. The van der Waals surface area contributed by atoms with Crippen LogP contribution in [0.25, 0.3) is 0 Å². The molecule has 2 aliphatic rings. The topological polar surface area (TPSA) is 87.7 Å². The van der Waals surface area contributed by atoms with Crippen LogP contribution < -0.4 is 15.4 Å². The summed E-state index contributed by atoms with van der Waals surface area (Å²) in [5.74, 6) is -1.38. The van der Waals surface area contributed by atoms with E-state index in [1.807, 2.05) is 0 Å². The molecular weight excluding hydrogens is 327 g/mol. The third-order valence-corrected chi connectivity index (χ3v) is 4.95. The van der Waals surface area contributed by atoms with Gasteiger partial charge in [0.25, 0.3) is 0 Å². The van der Waals surface area contributed by atoms with Crippen LogP contribution in [0, 0.1) is 11.7 Å². The molecule has 0 heterocycles. The standard InChI is InChI=1S/C18H23FN2O4/c19-15-10-13(8-9-16(15)25-14-2-1-3-14)21-18(24)20-12-6-4-11(5-7-12)17(22)23/h8-12,14H,1-7H2,(H,22,23)(H2,20,21,24). The third-order valence-electron chi connectivity index (χ3n) is 4.95. The van der Waals surface area contributed by atoms with Gasteiger partial charge in [0, 0.05) is 17.8 Å². The molecular formula is C18H23FN2O4. The largest absolute Gasteiger partial charge is 0.487 e. The van der Waals surface area contributed by atoms with E-state index >= 15 is 0 Å². The van der Waals surface area contributed by atoms with Crippen molar-refractivity contribution < 1.29 is 23.8 Å². The van der Waals surface area contributed by atoms with E-state index < -0.39 is 17.8 Å². The van der Waals surface area contributed by atoms with Gasteiger partial charge in [0.05, 0.1) is 12.0 Å². The van der Waals surface area contributed by atoms with Crippen LogP contribution in [0.15, 0.2) is 18.2 Å². The van der Waals surface area contributed by atoms with E-state index in [4.69, 9.17) is 9.84 Å². The highest BCUT2D eigenvalue weighted by molar-refractivity contribution is 5.89. The lowest BCUT2D eigenvalue weighted by Gasteiger charge is -2.27. The number of ether oxygens (including phenoxy) is 1. The molecule has 1 aromatic rings. The number of rotatable bonds is 5. The molecule has 0 radical (unpaired) electrons. The number of carbonyl (C=O) groups excluding carboxylic acids is 1. The fraction of sp³-hybridized carbons (Fsp3) is 0.556. The van der Waals surface area contributed by atoms with Crippen LogP contribution in [0.5, 0.6) is 5.75 Å². The van der Waals surface area contributed by atoms with Gasteiger partial charge in [-0.05, 0) is 57.1 Å². The molecule has 3 rings (SSSR count). The number of amides is 2. The van der Waals surface area contributed by atoms with Crippen molar-refractivity contribution in [3.05, 3.63) is 24.0 Å². The van der Waals surface area contributed by atoms with Gasteiger partial charge in [-0.2, -0.15) is 0 Å². The zero-order valence-electron chi connectivity index (χ0n) is 14.0. The summed E-state index contributed by atoms with van der Waals surface area (Å²) in [5.41, 5.74) is 0.357. The first kappa shape index (κ1) is 17.5. The number of benzene rings is 1. The highest BCUT2D eigenvalue weighted by atomic mass is 19.1. The predicted molar refractivity (Wildman–Crippen MR) is 90.2 cm³/mol. The maximum atomic E-state index is 14.0. The van der Waals surface area contributed by atoms with Gasteiger partial charge < -0.3 is 20.5 Å². The molecule has 0 aromatic heterocycles. The molecule has 7 heteroatoms. The van der Waals surface area contributed by atoms with Crippen molar-refractivity contribution in [1.29, 1.82) is 0 Å². The van der Waals surface area contributed by atoms with Gasteiger partial charge in [-0.3, -0.25) is 4.79 Å². The van der Waals surface area contributed by atoms with Crippen LogP contribution >= 0.6 is 0 Å². The SMILES string of the molecule is O=C(Nc1ccc(OC2CCC2)c(F)c1)NC1CCC(C(=O)O)CC1. The number of aliphatic carboxylic acids is 1. The van der Waals surface area contributed by atoms with Gasteiger partial charge in [-0.25, -0.2) is 9.18 Å². The van der Waals surface area contributed by atoms with Crippen LogP contribution in [0.4, 0.5) is 14.9 Å². The molecule has 0 saturated heterocycles. The quantitative estimate of drug-likeness (QED) is 0.758. The number of anilines is 1. The Morgan fingerprint density at radius 2 is 1.84 bits per heavy atom. The first-order valence-electron chi connectivity index (χ1n) is 8.78. The lowest BCUT2D eigenvalue weighted by atomic mass is 9.86. The Hall–Kier alpha value is -2.31. The van der Waals surface area contributed by atoms with Gasteiger partial charge in [0.15, 0.2) is 11.6 Å². The van der Waals surface area contributed by atoms with E-state index in [0.717, 1.165) is 19.3 Å². The molecule has 0 unspecified atom stereocenters. The van der Waals surface area contributed by atoms with Crippen LogP contribution in [0.3, 0.4) is 0 Å². The normalized spacial score (nSPS) is 23.4. The molecule has 0 bridgehead atoms. The number of carboxylic acid groups (broad SMARTS) is 1. The molecule has 2 amide bonds. The molecule has 2 fully saturated rings. The average molecular weight is 350 g/mol. The van der Waals surface area contributed by atoms with Crippen molar-refractivity contribution in [2.45, 2.75) is 57.1 Å². The van der Waals surface area contributed by atoms with Crippen LogP contribution in [0.2, 0.25) is 0 Å². The van der Waals surface area contributed by atoms with E-state index in [0.29, 0.717) is 31.4 Å². The molecule has 0 spiro atoms. The smallest absolute Gasteiger partial charge is 0.319 e. The maximum absolute atomic E-state index is 14.0. The number of hydrogen-bond donors (Lipinski definition) is 3. The van der Waals surface area contributed by atoms with Gasteiger partial charge in [0.1, 0.15) is 0 Å². The second-order valence-corrected chi connectivity index (χ2v) is 6.80. The minimum absolute atomic E-state index is 0.0540. The van der Waals surface area contributed by atoms with Crippen molar-refractivity contribution >= 4 is 17.7 Å². The summed E-state index contributed by atoms with van der Waals surface area (Å²) in [6.07, 6.45) is 5.49. The zero-order valence-corrected chi connectivity index (χ0v) is 14.0. The molecule has 3 N–H and O–H groups in total. The molecule has 2 saturated carbocycles. The second kappa shape index (κ2) is 7.72. The first-order valence-corrected chi connectivity index (χ1v) is 8.78. The number of carbonyl (C=O) groups is 2. The van der Waals surface area contributed by atoms with Crippen molar-refractivity contribution in [2.75, 3.05) is 5.32 Å². The summed E-state index contributed by atoms with van der Waals surface area (Å²) in [4.78, 5) is 23.0. The van der Waals surface area contributed by atoms with Crippen LogP contribution in [-0.2, 0) is 4.79 Å².